The van der Waals surface area contributed by atoms with Gasteiger partial charge in [-0.3, -0.25) is 0 Å². The summed E-state index contributed by atoms with van der Waals surface area (Å²) in [7, 11) is 0. The van der Waals surface area contributed by atoms with Gasteiger partial charge in [0, 0.05) is 5.57 Å². The molecule has 0 bridgehead atoms. The van der Waals surface area contributed by atoms with Crippen molar-refractivity contribution >= 4 is 0 Å². The Morgan fingerprint density at radius 3 is 2.50 bits per heavy atom. The van der Waals surface area contributed by atoms with Crippen LogP contribution in [0.4, 0.5) is 0 Å². The Kier molecular flexibility index (Phi) is 2.04. The van der Waals surface area contributed by atoms with Gasteiger partial charge in [-0.25, -0.2) is 0 Å². The molecule has 0 heterocycles. The molecule has 0 aromatic rings. The molecule has 1 fully saturated rings. The van der Waals surface area contributed by atoms with Crippen LogP contribution in [0.5, 0.6) is 0 Å². The number of rotatable bonds is 1. The first-order valence-corrected chi connectivity index (χ1v) is 4.78. The lowest BCUT2D eigenvalue weighted by Gasteiger charge is -2.13. The first kappa shape index (κ1) is 7.68. The van der Waals surface area contributed by atoms with E-state index in [4.69, 9.17) is 6.42 Å². The lowest BCUT2D eigenvalue weighted by Crippen LogP contribution is -1.95. The standard InChI is InChI=1S/C12H14/c1-2-11-5-3-4-6-12(11)9-10-7-8-10/h1,9H,3-8H2. The van der Waals surface area contributed by atoms with Crippen LogP contribution in [0, 0.1) is 12.3 Å². The molecule has 2 aliphatic carbocycles. The molecule has 0 atom stereocenters. The minimum atomic E-state index is 1.13. The van der Waals surface area contributed by atoms with Crippen molar-refractivity contribution in [3.05, 3.63) is 22.8 Å². The largest absolute Gasteiger partial charge is 0.115 e. The van der Waals surface area contributed by atoms with E-state index in [0.717, 1.165) is 6.42 Å². The highest BCUT2D eigenvalue weighted by Gasteiger charge is 2.14. The van der Waals surface area contributed by atoms with Crippen molar-refractivity contribution in [3.63, 3.8) is 0 Å². The third-order valence-corrected chi connectivity index (χ3v) is 2.60. The van der Waals surface area contributed by atoms with Crippen LogP contribution in [0.25, 0.3) is 0 Å². The van der Waals surface area contributed by atoms with Crippen LogP contribution in [-0.2, 0) is 0 Å². The van der Waals surface area contributed by atoms with Crippen molar-refractivity contribution in [2.75, 3.05) is 0 Å². The van der Waals surface area contributed by atoms with Gasteiger partial charge in [0.05, 0.1) is 0 Å². The molecule has 2 rings (SSSR count). The number of hydrogen-bond acceptors (Lipinski definition) is 0. The van der Waals surface area contributed by atoms with E-state index in [1.165, 1.54) is 43.3 Å². The van der Waals surface area contributed by atoms with E-state index < -0.39 is 0 Å². The maximum absolute atomic E-state index is 5.45. The van der Waals surface area contributed by atoms with Crippen LogP contribution in [0.3, 0.4) is 0 Å². The quantitative estimate of drug-likeness (QED) is 0.514. The molecule has 0 aromatic heterocycles. The monoisotopic (exact) mass is 158 g/mol. The molecule has 0 amide bonds. The summed E-state index contributed by atoms with van der Waals surface area (Å²) in [4.78, 5) is 0. The van der Waals surface area contributed by atoms with Crippen LogP contribution >= 0.6 is 0 Å². The van der Waals surface area contributed by atoms with Crippen LogP contribution in [-0.4, -0.2) is 0 Å². The number of hydrogen-bond donors (Lipinski definition) is 0. The van der Waals surface area contributed by atoms with Crippen LogP contribution < -0.4 is 0 Å². The predicted molar refractivity (Wildman–Crippen MR) is 51.6 cm³/mol. The maximum Gasteiger partial charge on any atom is 0.00495 e. The molecule has 1 saturated carbocycles. The van der Waals surface area contributed by atoms with Crippen molar-refractivity contribution in [1.82, 2.24) is 0 Å². The topological polar surface area (TPSA) is 0 Å². The van der Waals surface area contributed by atoms with Gasteiger partial charge in [0.15, 0.2) is 0 Å². The second-order valence-electron chi connectivity index (χ2n) is 3.66. The fourth-order valence-corrected chi connectivity index (χ4v) is 1.72. The van der Waals surface area contributed by atoms with Crippen LogP contribution in [0.2, 0.25) is 0 Å². The number of allylic oxidation sites excluding steroid dienone is 4. The molecule has 0 unspecified atom stereocenters. The van der Waals surface area contributed by atoms with Gasteiger partial charge in [-0.2, -0.15) is 0 Å². The van der Waals surface area contributed by atoms with Crippen molar-refractivity contribution in [1.29, 1.82) is 0 Å². The van der Waals surface area contributed by atoms with Gasteiger partial charge < -0.3 is 0 Å². The SMILES string of the molecule is C#CC1=C(C=C2CC2)CCCC1. The lowest BCUT2D eigenvalue weighted by atomic mass is 9.92. The summed E-state index contributed by atoms with van der Waals surface area (Å²) >= 11 is 0. The van der Waals surface area contributed by atoms with Crippen molar-refractivity contribution in [2.45, 2.75) is 38.5 Å². The minimum Gasteiger partial charge on any atom is -0.115 e. The van der Waals surface area contributed by atoms with E-state index in [9.17, 15) is 0 Å². The highest BCUT2D eigenvalue weighted by atomic mass is 14.2. The zero-order valence-electron chi connectivity index (χ0n) is 7.40. The zero-order valence-corrected chi connectivity index (χ0v) is 7.40. The fraction of sp³-hybridized carbons (Fsp3) is 0.500. The van der Waals surface area contributed by atoms with E-state index in [2.05, 4.69) is 12.0 Å². The average Bonchev–Trinajstić information content (AvgIpc) is 2.89. The van der Waals surface area contributed by atoms with Crippen molar-refractivity contribution < 1.29 is 0 Å². The molecular weight excluding hydrogens is 144 g/mol. The van der Waals surface area contributed by atoms with Crippen molar-refractivity contribution in [2.24, 2.45) is 0 Å². The third kappa shape index (κ3) is 1.61. The molecule has 0 aromatic carbocycles. The summed E-state index contributed by atoms with van der Waals surface area (Å²) in [6.45, 7) is 0. The van der Waals surface area contributed by atoms with Crippen LogP contribution in [0.1, 0.15) is 38.5 Å². The summed E-state index contributed by atoms with van der Waals surface area (Å²) in [5, 5.41) is 0. The van der Waals surface area contributed by atoms with Gasteiger partial charge >= 0.3 is 0 Å². The molecular formula is C12H14. The smallest absolute Gasteiger partial charge is 0.00495 e. The van der Waals surface area contributed by atoms with E-state index in [-0.39, 0.29) is 0 Å². The Labute approximate surface area is 74.4 Å². The second-order valence-corrected chi connectivity index (χ2v) is 3.66. The van der Waals surface area contributed by atoms with Gasteiger partial charge in [0.25, 0.3) is 0 Å². The van der Waals surface area contributed by atoms with Gasteiger partial charge in [0.1, 0.15) is 0 Å². The first-order valence-electron chi connectivity index (χ1n) is 4.78. The van der Waals surface area contributed by atoms with E-state index in [0.29, 0.717) is 0 Å². The molecule has 0 N–H and O–H groups in total. The number of terminal acetylenes is 1. The predicted octanol–water partition coefficient (Wildman–Crippen LogP) is 3.21. The van der Waals surface area contributed by atoms with E-state index in [1.54, 1.807) is 5.57 Å². The fourth-order valence-electron chi connectivity index (χ4n) is 1.72. The molecule has 0 spiro atoms. The Morgan fingerprint density at radius 1 is 1.08 bits per heavy atom. The second kappa shape index (κ2) is 3.19. The van der Waals surface area contributed by atoms with Gasteiger partial charge in [-0.1, -0.05) is 17.6 Å². The maximum atomic E-state index is 5.45. The normalized spacial score (nSPS) is 22.1. The summed E-state index contributed by atoms with van der Waals surface area (Å²) in [5.74, 6) is 2.82. The summed E-state index contributed by atoms with van der Waals surface area (Å²) in [6, 6.07) is 0. The van der Waals surface area contributed by atoms with Gasteiger partial charge in [-0.15, -0.1) is 6.42 Å². The zero-order chi connectivity index (χ0) is 8.39. The minimum absolute atomic E-state index is 1.13. The molecule has 0 saturated heterocycles. The molecule has 0 heteroatoms. The lowest BCUT2D eigenvalue weighted by molar-refractivity contribution is 0.696. The summed E-state index contributed by atoms with van der Waals surface area (Å²) in [5.41, 5.74) is 4.32. The molecule has 12 heavy (non-hydrogen) atoms. The molecule has 0 aliphatic heterocycles. The average molecular weight is 158 g/mol. The Bertz CT molecular complexity index is 278. The molecule has 62 valence electrons. The Balaban J connectivity index is 2.22. The third-order valence-electron chi connectivity index (χ3n) is 2.60. The van der Waals surface area contributed by atoms with Gasteiger partial charge in [0.2, 0.25) is 0 Å². The molecule has 2 aliphatic rings. The van der Waals surface area contributed by atoms with Gasteiger partial charge in [-0.05, 0) is 44.1 Å². The summed E-state index contributed by atoms with van der Waals surface area (Å²) < 4.78 is 0. The Hall–Kier alpha value is -0.960. The van der Waals surface area contributed by atoms with Crippen molar-refractivity contribution in [3.8, 4) is 12.3 Å². The van der Waals surface area contributed by atoms with E-state index >= 15 is 0 Å². The molecule has 0 nitrogen and oxygen atoms in total. The summed E-state index contributed by atoms with van der Waals surface area (Å²) in [6.07, 6.45) is 15.4. The molecule has 0 radical (unpaired) electrons. The highest BCUT2D eigenvalue weighted by Crippen LogP contribution is 2.33. The Morgan fingerprint density at radius 2 is 1.83 bits per heavy atom. The highest BCUT2D eigenvalue weighted by molar-refractivity contribution is 5.41. The van der Waals surface area contributed by atoms with Crippen LogP contribution in [0.15, 0.2) is 22.8 Å². The van der Waals surface area contributed by atoms with E-state index in [1.807, 2.05) is 0 Å². The first-order chi connectivity index (χ1) is 5.90.